The lowest BCUT2D eigenvalue weighted by Crippen LogP contribution is -2.48. The van der Waals surface area contributed by atoms with E-state index >= 15 is 0 Å². The zero-order valence-corrected chi connectivity index (χ0v) is 12.0. The average molecular weight is 257 g/mol. The minimum atomic E-state index is -0.596. The van der Waals surface area contributed by atoms with Crippen LogP contribution in [0.1, 0.15) is 27.7 Å². The number of rotatable bonds is 6. The van der Waals surface area contributed by atoms with Gasteiger partial charge in [-0.1, -0.05) is 0 Å². The molecule has 1 N–H and O–H groups in total. The van der Waals surface area contributed by atoms with Gasteiger partial charge in [0, 0.05) is 19.4 Å². The molecule has 0 aromatic rings. The van der Waals surface area contributed by atoms with E-state index in [0.717, 1.165) is 5.76 Å². The summed E-state index contributed by atoms with van der Waals surface area (Å²) in [5.41, 5.74) is -1.06. The number of methoxy groups -OCH3 is 2. The Morgan fingerprint density at radius 2 is 1.78 bits per heavy atom. The zero-order chi connectivity index (χ0) is 13.8. The van der Waals surface area contributed by atoms with Gasteiger partial charge in [-0.3, -0.25) is 0 Å². The summed E-state index contributed by atoms with van der Waals surface area (Å²) >= 11 is 0. The quantitative estimate of drug-likeness (QED) is 0.583. The van der Waals surface area contributed by atoms with Crippen LogP contribution in [0.15, 0.2) is 23.8 Å². The first-order chi connectivity index (χ1) is 8.32. The highest BCUT2D eigenvalue weighted by atomic mass is 17.2. The fraction of sp³-hybridized carbons (Fsp3) is 0.692. The number of ether oxygens (including phenoxy) is 2. The second kappa shape index (κ2) is 5.63. The van der Waals surface area contributed by atoms with Crippen LogP contribution in [0.5, 0.6) is 0 Å². The molecule has 0 bridgehead atoms. The van der Waals surface area contributed by atoms with Crippen molar-refractivity contribution in [3.05, 3.63) is 23.8 Å². The molecule has 0 aromatic carbocycles. The molecule has 0 saturated carbocycles. The van der Waals surface area contributed by atoms with Gasteiger partial charge in [0.05, 0.1) is 19.3 Å². The second-order valence-electron chi connectivity index (χ2n) is 5.13. The van der Waals surface area contributed by atoms with Crippen LogP contribution in [-0.4, -0.2) is 32.0 Å². The lowest BCUT2D eigenvalue weighted by Gasteiger charge is -2.38. The number of nitrogens with one attached hydrogen (secondary N) is 1. The average Bonchev–Trinajstić information content (AvgIpc) is 2.36. The van der Waals surface area contributed by atoms with Crippen molar-refractivity contribution >= 4 is 0 Å². The lowest BCUT2D eigenvalue weighted by molar-refractivity contribution is -0.359. The third-order valence-corrected chi connectivity index (χ3v) is 3.39. The maximum atomic E-state index is 5.48. The van der Waals surface area contributed by atoms with Crippen molar-refractivity contribution in [2.24, 2.45) is 0 Å². The summed E-state index contributed by atoms with van der Waals surface area (Å²) in [6.07, 6.45) is 3.52. The summed E-state index contributed by atoms with van der Waals surface area (Å²) < 4.78 is 10.5. The molecule has 104 valence electrons. The molecule has 5 heteroatoms. The van der Waals surface area contributed by atoms with Crippen LogP contribution < -0.4 is 5.32 Å². The second-order valence-corrected chi connectivity index (χ2v) is 5.13. The Kier molecular flexibility index (Phi) is 4.65. The topological polar surface area (TPSA) is 49.0 Å². The largest absolute Gasteiger partial charge is 0.499 e. The molecule has 0 atom stereocenters. The molecule has 0 radical (unpaired) electrons. The van der Waals surface area contributed by atoms with Crippen molar-refractivity contribution in [2.75, 3.05) is 20.8 Å². The van der Waals surface area contributed by atoms with Crippen LogP contribution in [0, 0.1) is 0 Å². The predicted molar refractivity (Wildman–Crippen MR) is 68.5 cm³/mol. The zero-order valence-electron chi connectivity index (χ0n) is 12.0. The van der Waals surface area contributed by atoms with Crippen molar-refractivity contribution in [3.63, 3.8) is 0 Å². The van der Waals surface area contributed by atoms with E-state index in [1.165, 1.54) is 0 Å². The van der Waals surface area contributed by atoms with Crippen LogP contribution in [0.3, 0.4) is 0 Å². The first kappa shape index (κ1) is 14.9. The van der Waals surface area contributed by atoms with Crippen LogP contribution in [-0.2, 0) is 19.2 Å². The molecule has 0 unspecified atom stereocenters. The first-order valence-electron chi connectivity index (χ1n) is 5.91. The van der Waals surface area contributed by atoms with E-state index in [-0.39, 0.29) is 0 Å². The predicted octanol–water partition coefficient (Wildman–Crippen LogP) is 2.11. The maximum absolute atomic E-state index is 5.48. The fourth-order valence-corrected chi connectivity index (χ4v) is 1.18. The van der Waals surface area contributed by atoms with E-state index in [1.807, 2.05) is 27.7 Å². The summed E-state index contributed by atoms with van der Waals surface area (Å²) in [5, 5.41) is 3.03. The molecule has 0 aliphatic carbocycles. The highest BCUT2D eigenvalue weighted by molar-refractivity contribution is 5.19. The highest BCUT2D eigenvalue weighted by Crippen LogP contribution is 2.29. The molecule has 0 spiro atoms. The Morgan fingerprint density at radius 3 is 2.33 bits per heavy atom. The Hall–Kier alpha value is -1.20. The molecule has 18 heavy (non-hydrogen) atoms. The highest BCUT2D eigenvalue weighted by Gasteiger charge is 2.40. The molecular formula is C13H23NO4. The standard InChI is InChI=1S/C13H23NO4/c1-12(2,16-6)13(3,4)18-17-11-7-10(15-5)8-14-9-11/h7,9,14H,8H2,1-6H3. The Morgan fingerprint density at radius 1 is 1.11 bits per heavy atom. The third kappa shape index (κ3) is 3.40. The van der Waals surface area contributed by atoms with Gasteiger partial charge in [-0.15, -0.1) is 0 Å². The SMILES string of the molecule is COC1=CC(OOC(C)(C)C(C)(C)OC)=CNC1. The number of hydrogen-bond donors (Lipinski definition) is 1. The van der Waals surface area contributed by atoms with Gasteiger partial charge < -0.3 is 19.7 Å². The van der Waals surface area contributed by atoms with Gasteiger partial charge in [-0.25, -0.2) is 0 Å². The van der Waals surface area contributed by atoms with Crippen LogP contribution in [0.2, 0.25) is 0 Å². The van der Waals surface area contributed by atoms with E-state index in [0.29, 0.717) is 12.3 Å². The number of hydrogen-bond acceptors (Lipinski definition) is 5. The molecule has 1 rings (SSSR count). The summed E-state index contributed by atoms with van der Waals surface area (Å²) in [4.78, 5) is 10.8. The normalized spacial score (nSPS) is 16.6. The Balaban J connectivity index is 2.61. The smallest absolute Gasteiger partial charge is 0.184 e. The van der Waals surface area contributed by atoms with Gasteiger partial charge in [0.2, 0.25) is 0 Å². The van der Waals surface area contributed by atoms with Crippen molar-refractivity contribution in [2.45, 2.75) is 38.9 Å². The first-order valence-corrected chi connectivity index (χ1v) is 5.91. The van der Waals surface area contributed by atoms with Crippen molar-refractivity contribution in [1.82, 2.24) is 5.32 Å². The number of allylic oxidation sites excluding steroid dienone is 1. The lowest BCUT2D eigenvalue weighted by atomic mass is 9.89. The van der Waals surface area contributed by atoms with Gasteiger partial charge in [-0.2, -0.15) is 4.89 Å². The maximum Gasteiger partial charge on any atom is 0.184 e. The minimum absolute atomic E-state index is 0.469. The number of dihydropyridines is 1. The molecule has 5 nitrogen and oxygen atoms in total. The van der Waals surface area contributed by atoms with Crippen LogP contribution >= 0.6 is 0 Å². The van der Waals surface area contributed by atoms with Crippen molar-refractivity contribution in [3.8, 4) is 0 Å². The molecule has 1 aliphatic heterocycles. The summed E-state index contributed by atoms with van der Waals surface area (Å²) in [6.45, 7) is 8.36. The molecule has 1 aliphatic rings. The molecule has 0 saturated heterocycles. The van der Waals surface area contributed by atoms with Gasteiger partial charge in [-0.05, 0) is 27.7 Å². The third-order valence-electron chi connectivity index (χ3n) is 3.39. The van der Waals surface area contributed by atoms with E-state index in [9.17, 15) is 0 Å². The Labute approximate surface area is 109 Å². The van der Waals surface area contributed by atoms with Gasteiger partial charge in [0.25, 0.3) is 0 Å². The summed E-state index contributed by atoms with van der Waals surface area (Å²) in [5.74, 6) is 1.36. The molecule has 1 heterocycles. The van der Waals surface area contributed by atoms with Gasteiger partial charge in [0.15, 0.2) is 5.76 Å². The fourth-order valence-electron chi connectivity index (χ4n) is 1.18. The van der Waals surface area contributed by atoms with E-state index < -0.39 is 11.2 Å². The summed E-state index contributed by atoms with van der Waals surface area (Å²) in [7, 11) is 3.27. The van der Waals surface area contributed by atoms with Gasteiger partial charge >= 0.3 is 0 Å². The van der Waals surface area contributed by atoms with E-state index in [4.69, 9.17) is 19.2 Å². The minimum Gasteiger partial charge on any atom is -0.499 e. The molecule has 0 fully saturated rings. The Bertz CT molecular complexity index is 345. The molecule has 0 amide bonds. The van der Waals surface area contributed by atoms with E-state index in [1.54, 1.807) is 26.5 Å². The molecule has 0 aromatic heterocycles. The summed E-state index contributed by atoms with van der Waals surface area (Å²) in [6, 6.07) is 0. The van der Waals surface area contributed by atoms with Gasteiger partial charge in [0.1, 0.15) is 11.4 Å². The van der Waals surface area contributed by atoms with Crippen LogP contribution in [0.4, 0.5) is 0 Å². The van der Waals surface area contributed by atoms with Crippen molar-refractivity contribution < 1.29 is 19.2 Å². The van der Waals surface area contributed by atoms with Crippen molar-refractivity contribution in [1.29, 1.82) is 0 Å². The molecular weight excluding hydrogens is 234 g/mol. The van der Waals surface area contributed by atoms with Crippen LogP contribution in [0.25, 0.3) is 0 Å². The van der Waals surface area contributed by atoms with E-state index in [2.05, 4.69) is 5.32 Å². The monoisotopic (exact) mass is 257 g/mol.